The molecule has 3 aromatic rings. The first kappa shape index (κ1) is 16.1. The molecule has 1 aliphatic rings. The molecule has 7 nitrogen and oxygen atoms in total. The number of urea groups is 1. The predicted molar refractivity (Wildman–Crippen MR) is 95.4 cm³/mol. The molecule has 4 rings (SSSR count). The molecule has 132 valence electrons. The molecular formula is C19H18N4O3. The van der Waals surface area contributed by atoms with Gasteiger partial charge in [-0.05, 0) is 48.7 Å². The van der Waals surface area contributed by atoms with Crippen molar-refractivity contribution in [3.05, 3.63) is 60.5 Å². The Morgan fingerprint density at radius 3 is 2.81 bits per heavy atom. The van der Waals surface area contributed by atoms with Crippen molar-refractivity contribution in [2.75, 3.05) is 5.32 Å². The normalized spacial score (nSPS) is 13.4. The summed E-state index contributed by atoms with van der Waals surface area (Å²) >= 11 is 0. The highest BCUT2D eigenvalue weighted by Crippen LogP contribution is 2.30. The molecule has 7 heteroatoms. The lowest BCUT2D eigenvalue weighted by Crippen LogP contribution is -2.36. The largest absolute Gasteiger partial charge is 0.508 e. The fourth-order valence-corrected chi connectivity index (χ4v) is 2.83. The molecule has 0 bridgehead atoms. The molecular weight excluding hydrogens is 332 g/mol. The van der Waals surface area contributed by atoms with Crippen LogP contribution in [0.1, 0.15) is 18.4 Å². The second-order valence-electron chi connectivity index (χ2n) is 6.28. The van der Waals surface area contributed by atoms with Crippen molar-refractivity contribution < 1.29 is 14.3 Å². The van der Waals surface area contributed by atoms with Gasteiger partial charge in [-0.1, -0.05) is 18.2 Å². The number of aromatic nitrogens is 2. The first-order valence-corrected chi connectivity index (χ1v) is 8.41. The average molecular weight is 350 g/mol. The minimum absolute atomic E-state index is 0.168. The van der Waals surface area contributed by atoms with Gasteiger partial charge in [0.05, 0.1) is 0 Å². The Kier molecular flexibility index (Phi) is 4.27. The molecule has 0 aliphatic heterocycles. The van der Waals surface area contributed by atoms with Crippen molar-refractivity contribution in [1.82, 2.24) is 15.1 Å². The van der Waals surface area contributed by atoms with E-state index in [0.29, 0.717) is 18.1 Å². The van der Waals surface area contributed by atoms with E-state index in [9.17, 15) is 9.90 Å². The number of amides is 2. The standard InChI is InChI=1S/C19H18N4O3/c24-17-6-1-3-13(9-17)11-23(16-7-8-16)19(25)21-15-5-2-4-14(10-15)18-22-20-12-26-18/h1-6,9-10,12,16,24H,7-8,11H2,(H,21,25). The monoisotopic (exact) mass is 350 g/mol. The molecule has 2 amide bonds. The molecule has 0 spiro atoms. The van der Waals surface area contributed by atoms with Crippen molar-refractivity contribution in [3.8, 4) is 17.2 Å². The van der Waals surface area contributed by atoms with Crippen molar-refractivity contribution in [1.29, 1.82) is 0 Å². The van der Waals surface area contributed by atoms with Crippen LogP contribution in [-0.4, -0.2) is 32.3 Å². The summed E-state index contributed by atoms with van der Waals surface area (Å²) in [6.07, 6.45) is 3.26. The zero-order chi connectivity index (χ0) is 17.9. The van der Waals surface area contributed by atoms with Crippen molar-refractivity contribution >= 4 is 11.7 Å². The fraction of sp³-hybridized carbons (Fsp3) is 0.211. The third-order valence-electron chi connectivity index (χ3n) is 4.23. The van der Waals surface area contributed by atoms with Gasteiger partial charge in [0, 0.05) is 23.8 Å². The SMILES string of the molecule is O=C(Nc1cccc(-c2nnco2)c1)N(Cc1cccc(O)c1)C1CC1. The Morgan fingerprint density at radius 1 is 1.23 bits per heavy atom. The van der Waals surface area contributed by atoms with Gasteiger partial charge >= 0.3 is 6.03 Å². The maximum Gasteiger partial charge on any atom is 0.322 e. The highest BCUT2D eigenvalue weighted by Gasteiger charge is 2.32. The van der Waals surface area contributed by atoms with Gasteiger partial charge in [0.25, 0.3) is 0 Å². The van der Waals surface area contributed by atoms with E-state index in [1.807, 2.05) is 24.3 Å². The van der Waals surface area contributed by atoms with Crippen molar-refractivity contribution in [3.63, 3.8) is 0 Å². The molecule has 2 aromatic carbocycles. The Bertz CT molecular complexity index is 907. The summed E-state index contributed by atoms with van der Waals surface area (Å²) in [5, 5.41) is 20.1. The van der Waals surface area contributed by atoms with E-state index in [4.69, 9.17) is 4.42 Å². The number of carbonyl (C=O) groups is 1. The van der Waals surface area contributed by atoms with Crippen molar-refractivity contribution in [2.45, 2.75) is 25.4 Å². The van der Waals surface area contributed by atoms with Gasteiger partial charge in [-0.15, -0.1) is 10.2 Å². The number of hydrogen-bond donors (Lipinski definition) is 2. The van der Waals surface area contributed by atoms with Gasteiger partial charge < -0.3 is 19.7 Å². The van der Waals surface area contributed by atoms with E-state index in [2.05, 4.69) is 15.5 Å². The van der Waals surface area contributed by atoms with Gasteiger partial charge in [-0.25, -0.2) is 4.79 Å². The predicted octanol–water partition coefficient (Wildman–Crippen LogP) is 3.64. The quantitative estimate of drug-likeness (QED) is 0.733. The number of phenols is 1. The lowest BCUT2D eigenvalue weighted by Gasteiger charge is -2.23. The molecule has 0 saturated heterocycles. The minimum atomic E-state index is -0.168. The number of hydrogen-bond acceptors (Lipinski definition) is 5. The Hall–Kier alpha value is -3.35. The summed E-state index contributed by atoms with van der Waals surface area (Å²) in [6.45, 7) is 0.453. The number of benzene rings is 2. The van der Waals surface area contributed by atoms with Crippen LogP contribution in [-0.2, 0) is 6.54 Å². The van der Waals surface area contributed by atoms with Gasteiger partial charge in [0.15, 0.2) is 0 Å². The van der Waals surface area contributed by atoms with Crippen LogP contribution in [0, 0.1) is 0 Å². The lowest BCUT2D eigenvalue weighted by molar-refractivity contribution is 0.206. The molecule has 0 atom stereocenters. The maximum atomic E-state index is 12.8. The summed E-state index contributed by atoms with van der Waals surface area (Å²) in [6, 6.07) is 14.3. The van der Waals surface area contributed by atoms with E-state index in [0.717, 1.165) is 24.0 Å². The van der Waals surface area contributed by atoms with Gasteiger partial charge in [0.1, 0.15) is 5.75 Å². The van der Waals surface area contributed by atoms with Crippen LogP contribution in [0.5, 0.6) is 5.75 Å². The third kappa shape index (κ3) is 3.66. The molecule has 1 aliphatic carbocycles. The molecule has 1 saturated carbocycles. The van der Waals surface area contributed by atoms with E-state index in [1.165, 1.54) is 6.39 Å². The maximum absolute atomic E-state index is 12.8. The first-order valence-electron chi connectivity index (χ1n) is 8.41. The van der Waals surface area contributed by atoms with Crippen LogP contribution in [0.4, 0.5) is 10.5 Å². The average Bonchev–Trinajstić information content (AvgIpc) is 3.32. The van der Waals surface area contributed by atoms with Crippen LogP contribution in [0.25, 0.3) is 11.5 Å². The van der Waals surface area contributed by atoms with Gasteiger partial charge in [-0.3, -0.25) is 0 Å². The molecule has 1 fully saturated rings. The summed E-state index contributed by atoms with van der Waals surface area (Å²) in [5.74, 6) is 0.603. The van der Waals surface area contributed by atoms with Crippen LogP contribution in [0.15, 0.2) is 59.3 Å². The topological polar surface area (TPSA) is 91.5 Å². The summed E-state index contributed by atoms with van der Waals surface area (Å²) < 4.78 is 5.20. The number of anilines is 1. The van der Waals surface area contributed by atoms with Crippen LogP contribution < -0.4 is 5.32 Å². The molecule has 1 aromatic heterocycles. The van der Waals surface area contributed by atoms with Gasteiger partial charge in [-0.2, -0.15) is 0 Å². The van der Waals surface area contributed by atoms with E-state index in [1.54, 1.807) is 29.2 Å². The number of carbonyl (C=O) groups excluding carboxylic acids is 1. The molecule has 0 unspecified atom stereocenters. The first-order chi connectivity index (χ1) is 12.7. The highest BCUT2D eigenvalue weighted by molar-refractivity contribution is 5.90. The zero-order valence-corrected chi connectivity index (χ0v) is 14.0. The number of phenolic OH excluding ortho intramolecular Hbond substituents is 1. The fourth-order valence-electron chi connectivity index (χ4n) is 2.83. The molecule has 26 heavy (non-hydrogen) atoms. The number of rotatable bonds is 5. The summed E-state index contributed by atoms with van der Waals surface area (Å²) in [5.41, 5.74) is 2.30. The smallest absolute Gasteiger partial charge is 0.322 e. The second kappa shape index (κ2) is 6.87. The highest BCUT2D eigenvalue weighted by atomic mass is 16.4. The Morgan fingerprint density at radius 2 is 2.08 bits per heavy atom. The van der Waals surface area contributed by atoms with Crippen LogP contribution in [0.2, 0.25) is 0 Å². The lowest BCUT2D eigenvalue weighted by atomic mass is 10.2. The van der Waals surface area contributed by atoms with Crippen LogP contribution in [0.3, 0.4) is 0 Å². The van der Waals surface area contributed by atoms with Crippen molar-refractivity contribution in [2.24, 2.45) is 0 Å². The van der Waals surface area contributed by atoms with Gasteiger partial charge in [0.2, 0.25) is 12.3 Å². The number of nitrogens with one attached hydrogen (secondary N) is 1. The second-order valence-corrected chi connectivity index (χ2v) is 6.28. The summed E-state index contributed by atoms with van der Waals surface area (Å²) in [4.78, 5) is 14.6. The Balaban J connectivity index is 1.49. The third-order valence-corrected chi connectivity index (χ3v) is 4.23. The number of nitrogens with zero attached hydrogens (tertiary/aromatic N) is 3. The summed E-state index contributed by atoms with van der Waals surface area (Å²) in [7, 11) is 0. The van der Waals surface area contributed by atoms with E-state index < -0.39 is 0 Å². The van der Waals surface area contributed by atoms with E-state index in [-0.39, 0.29) is 17.8 Å². The zero-order valence-electron chi connectivity index (χ0n) is 14.0. The number of aromatic hydroxyl groups is 1. The van der Waals surface area contributed by atoms with Crippen LogP contribution >= 0.6 is 0 Å². The Labute approximate surface area is 150 Å². The van der Waals surface area contributed by atoms with E-state index >= 15 is 0 Å². The molecule has 0 radical (unpaired) electrons. The molecule has 1 heterocycles. The minimum Gasteiger partial charge on any atom is -0.508 e. The molecule has 2 N–H and O–H groups in total.